The van der Waals surface area contributed by atoms with E-state index < -0.39 is 0 Å². The lowest BCUT2D eigenvalue weighted by Gasteiger charge is -2.06. The van der Waals surface area contributed by atoms with Crippen LogP contribution < -0.4 is 0 Å². The van der Waals surface area contributed by atoms with Crippen LogP contribution in [0.15, 0.2) is 18.2 Å². The van der Waals surface area contributed by atoms with Gasteiger partial charge in [-0.3, -0.25) is 0 Å². The number of hydrogen-bond donors (Lipinski definition) is 0. The van der Waals surface area contributed by atoms with Gasteiger partial charge in [0.25, 0.3) is 0 Å². The van der Waals surface area contributed by atoms with Crippen LogP contribution in [0.2, 0.25) is 0 Å². The first kappa shape index (κ1) is 8.31. The highest BCUT2D eigenvalue weighted by atomic mass is 14.7. The van der Waals surface area contributed by atoms with Crippen molar-refractivity contribution in [1.29, 1.82) is 0 Å². The second kappa shape index (κ2) is 3.22. The largest absolute Gasteiger partial charge is 0.309 e. The molecule has 1 aliphatic rings. The number of benzene rings is 1. The number of nitrogens with zero attached hydrogens (tertiary/aromatic N) is 1. The van der Waals surface area contributed by atoms with E-state index in [0.717, 1.165) is 0 Å². The summed E-state index contributed by atoms with van der Waals surface area (Å²) in [6.07, 6.45) is 3.64. The Morgan fingerprint density at radius 3 is 3.00 bits per heavy atom. The summed E-state index contributed by atoms with van der Waals surface area (Å²) >= 11 is 0. The fraction of sp³-hybridized carbons (Fsp3) is 0.417. The Labute approximate surface area is 79.2 Å². The average Bonchev–Trinajstić information content (AvgIpc) is 2.63. The van der Waals surface area contributed by atoms with Gasteiger partial charge in [0.15, 0.2) is 0 Å². The zero-order valence-corrected chi connectivity index (χ0v) is 7.88. The molecular formula is C12H13N. The molecule has 0 N–H and O–H groups in total. The molecule has 1 atom stereocenters. The number of aryl methyl sites for hydroxylation is 1. The van der Waals surface area contributed by atoms with E-state index in [9.17, 15) is 0 Å². The zero-order chi connectivity index (χ0) is 9.26. The van der Waals surface area contributed by atoms with Crippen LogP contribution in [0.1, 0.15) is 36.1 Å². The van der Waals surface area contributed by atoms with E-state index in [1.807, 2.05) is 6.92 Å². The van der Waals surface area contributed by atoms with Crippen molar-refractivity contribution in [2.45, 2.75) is 32.2 Å². The van der Waals surface area contributed by atoms with Crippen LogP contribution in [-0.2, 0) is 12.8 Å². The third kappa shape index (κ3) is 1.33. The summed E-state index contributed by atoms with van der Waals surface area (Å²) in [5.41, 5.74) is 4.17. The van der Waals surface area contributed by atoms with Crippen molar-refractivity contribution in [3.05, 3.63) is 46.3 Å². The lowest BCUT2D eigenvalue weighted by atomic mass is 9.99. The lowest BCUT2D eigenvalue weighted by molar-refractivity contribution is 0.888. The van der Waals surface area contributed by atoms with Gasteiger partial charge in [0.2, 0.25) is 6.04 Å². The summed E-state index contributed by atoms with van der Waals surface area (Å²) in [5, 5.41) is 0. The molecule has 0 saturated carbocycles. The highest BCUT2D eigenvalue weighted by molar-refractivity contribution is 5.40. The summed E-state index contributed by atoms with van der Waals surface area (Å²) in [5.74, 6) is 0. The van der Waals surface area contributed by atoms with Crippen LogP contribution in [0.25, 0.3) is 4.85 Å². The third-order valence-electron chi connectivity index (χ3n) is 2.83. The van der Waals surface area contributed by atoms with E-state index >= 15 is 0 Å². The fourth-order valence-corrected chi connectivity index (χ4v) is 2.11. The van der Waals surface area contributed by atoms with Gasteiger partial charge < -0.3 is 4.85 Å². The molecule has 1 unspecified atom stereocenters. The van der Waals surface area contributed by atoms with Gasteiger partial charge in [-0.15, -0.1) is 0 Å². The summed E-state index contributed by atoms with van der Waals surface area (Å²) in [6, 6.07) is 6.42. The number of rotatable bonds is 1. The van der Waals surface area contributed by atoms with Crippen molar-refractivity contribution >= 4 is 0 Å². The zero-order valence-electron chi connectivity index (χ0n) is 7.88. The van der Waals surface area contributed by atoms with Crippen molar-refractivity contribution in [2.24, 2.45) is 0 Å². The molecule has 0 saturated heterocycles. The van der Waals surface area contributed by atoms with Crippen molar-refractivity contribution in [3.8, 4) is 0 Å². The van der Waals surface area contributed by atoms with E-state index in [4.69, 9.17) is 6.57 Å². The Bertz CT molecular complexity index is 360. The molecule has 0 amide bonds. The quantitative estimate of drug-likeness (QED) is 0.572. The molecule has 1 aromatic rings. The first-order valence-electron chi connectivity index (χ1n) is 4.80. The smallest absolute Gasteiger partial charge is 0.246 e. The molecular weight excluding hydrogens is 158 g/mol. The normalized spacial score (nSPS) is 16.3. The third-order valence-corrected chi connectivity index (χ3v) is 2.83. The maximum absolute atomic E-state index is 7.03. The van der Waals surface area contributed by atoms with Gasteiger partial charge in [-0.05, 0) is 30.4 Å². The summed E-state index contributed by atoms with van der Waals surface area (Å²) < 4.78 is 0. The van der Waals surface area contributed by atoms with Crippen LogP contribution in [0.4, 0.5) is 0 Å². The van der Waals surface area contributed by atoms with Gasteiger partial charge in [0.05, 0.1) is 0 Å². The molecule has 0 fully saturated rings. The summed E-state index contributed by atoms with van der Waals surface area (Å²) in [4.78, 5) is 3.59. The predicted octanol–water partition coefficient (Wildman–Crippen LogP) is 3.16. The minimum Gasteiger partial charge on any atom is -0.309 e. The Balaban J connectivity index is 2.48. The van der Waals surface area contributed by atoms with Crippen molar-refractivity contribution in [3.63, 3.8) is 0 Å². The molecule has 0 radical (unpaired) electrons. The summed E-state index contributed by atoms with van der Waals surface area (Å²) in [6.45, 7) is 9.02. The Morgan fingerprint density at radius 2 is 2.23 bits per heavy atom. The highest BCUT2D eigenvalue weighted by Gasteiger charge is 2.19. The molecule has 13 heavy (non-hydrogen) atoms. The van der Waals surface area contributed by atoms with Crippen molar-refractivity contribution < 1.29 is 0 Å². The van der Waals surface area contributed by atoms with Crippen LogP contribution in [0, 0.1) is 6.57 Å². The molecule has 0 aliphatic heterocycles. The minimum absolute atomic E-state index is 0.0352. The van der Waals surface area contributed by atoms with E-state index in [2.05, 4.69) is 23.0 Å². The Kier molecular flexibility index (Phi) is 2.06. The average molecular weight is 171 g/mol. The van der Waals surface area contributed by atoms with Gasteiger partial charge in [0, 0.05) is 12.5 Å². The van der Waals surface area contributed by atoms with Crippen LogP contribution in [0.5, 0.6) is 0 Å². The molecule has 1 nitrogen and oxygen atoms in total. The maximum Gasteiger partial charge on any atom is 0.246 e. The topological polar surface area (TPSA) is 4.36 Å². The molecule has 2 rings (SSSR count). The predicted molar refractivity (Wildman–Crippen MR) is 53.5 cm³/mol. The molecule has 1 heteroatoms. The van der Waals surface area contributed by atoms with E-state index in [-0.39, 0.29) is 6.04 Å². The number of hydrogen-bond acceptors (Lipinski definition) is 0. The molecule has 0 aromatic heterocycles. The van der Waals surface area contributed by atoms with Crippen LogP contribution in [-0.4, -0.2) is 0 Å². The lowest BCUT2D eigenvalue weighted by Crippen LogP contribution is -1.94. The van der Waals surface area contributed by atoms with Gasteiger partial charge in [-0.25, -0.2) is 6.57 Å². The second-order valence-electron chi connectivity index (χ2n) is 3.64. The highest BCUT2D eigenvalue weighted by Crippen LogP contribution is 2.30. The molecule has 1 aromatic carbocycles. The van der Waals surface area contributed by atoms with Gasteiger partial charge >= 0.3 is 0 Å². The van der Waals surface area contributed by atoms with Gasteiger partial charge in [-0.1, -0.05) is 18.2 Å². The van der Waals surface area contributed by atoms with Crippen molar-refractivity contribution in [1.82, 2.24) is 0 Å². The molecule has 0 bridgehead atoms. The Morgan fingerprint density at radius 1 is 1.38 bits per heavy atom. The first-order chi connectivity index (χ1) is 6.33. The van der Waals surface area contributed by atoms with Gasteiger partial charge in [-0.2, -0.15) is 0 Å². The summed E-state index contributed by atoms with van der Waals surface area (Å²) in [7, 11) is 0. The molecule has 66 valence electrons. The number of fused-ring (bicyclic) bond motifs is 1. The van der Waals surface area contributed by atoms with Crippen LogP contribution >= 0.6 is 0 Å². The van der Waals surface area contributed by atoms with Crippen LogP contribution in [0.3, 0.4) is 0 Å². The van der Waals surface area contributed by atoms with E-state index in [1.165, 1.54) is 36.0 Å². The SMILES string of the molecule is [C-]#[N+]C(C)c1cccc2c1CCC2. The Hall–Kier alpha value is -1.29. The fourth-order valence-electron chi connectivity index (χ4n) is 2.11. The molecule has 1 aliphatic carbocycles. The van der Waals surface area contributed by atoms with E-state index in [1.54, 1.807) is 0 Å². The van der Waals surface area contributed by atoms with E-state index in [0.29, 0.717) is 0 Å². The standard InChI is InChI=1S/C12H13N/c1-9(13-2)11-7-3-5-10-6-4-8-12(10)11/h3,5,7,9H,4,6,8H2,1H3. The maximum atomic E-state index is 7.03. The molecule has 0 spiro atoms. The van der Waals surface area contributed by atoms with Crippen molar-refractivity contribution in [2.75, 3.05) is 0 Å². The molecule has 0 heterocycles. The second-order valence-corrected chi connectivity index (χ2v) is 3.64. The monoisotopic (exact) mass is 171 g/mol. The van der Waals surface area contributed by atoms with Gasteiger partial charge in [0.1, 0.15) is 0 Å². The minimum atomic E-state index is 0.0352. The first-order valence-corrected chi connectivity index (χ1v) is 4.80.